The van der Waals surface area contributed by atoms with Crippen LogP contribution in [-0.2, 0) is 0 Å². The summed E-state index contributed by atoms with van der Waals surface area (Å²) in [5.74, 6) is 0.264. The van der Waals surface area contributed by atoms with Gasteiger partial charge < -0.3 is 9.73 Å². The van der Waals surface area contributed by atoms with E-state index in [-0.39, 0.29) is 17.5 Å². The van der Waals surface area contributed by atoms with Crippen LogP contribution in [0.2, 0.25) is 0 Å². The third-order valence-corrected chi connectivity index (χ3v) is 3.94. The largest absolute Gasteiger partial charge is 0.451 e. The molecule has 1 N–H and O–H groups in total. The first-order chi connectivity index (χ1) is 11.4. The van der Waals surface area contributed by atoms with Crippen molar-refractivity contribution in [2.75, 3.05) is 13.1 Å². The number of hydrogen-bond donors (Lipinski definition) is 1. The molecule has 0 bridgehead atoms. The van der Waals surface area contributed by atoms with Gasteiger partial charge in [0.25, 0.3) is 5.91 Å². The molecule has 1 aromatic heterocycles. The highest BCUT2D eigenvalue weighted by Gasteiger charge is 2.15. The molecule has 0 fully saturated rings. The molecule has 5 heteroatoms. The van der Waals surface area contributed by atoms with Crippen LogP contribution in [0.3, 0.4) is 0 Å². The van der Waals surface area contributed by atoms with Crippen molar-refractivity contribution in [2.45, 2.75) is 39.8 Å². The summed E-state index contributed by atoms with van der Waals surface area (Å²) < 4.78 is 18.5. The van der Waals surface area contributed by atoms with Gasteiger partial charge in [0, 0.05) is 30.7 Å². The number of nitrogens with zero attached hydrogens (tertiary/aromatic N) is 1. The number of rotatable bonds is 7. The van der Waals surface area contributed by atoms with Crippen molar-refractivity contribution in [3.63, 3.8) is 0 Å². The molecule has 0 saturated heterocycles. The van der Waals surface area contributed by atoms with Crippen LogP contribution in [0.25, 0.3) is 11.3 Å². The van der Waals surface area contributed by atoms with Gasteiger partial charge in [-0.05, 0) is 64.1 Å². The Labute approximate surface area is 142 Å². The minimum absolute atomic E-state index is 0.240. The average Bonchev–Trinajstić information content (AvgIpc) is 3.01. The zero-order chi connectivity index (χ0) is 17.7. The Balaban J connectivity index is 1.93. The van der Waals surface area contributed by atoms with E-state index in [1.807, 2.05) is 0 Å². The molecule has 2 rings (SSSR count). The van der Waals surface area contributed by atoms with Gasteiger partial charge in [0.05, 0.1) is 0 Å². The standard InChI is InChI=1S/C19H25FN2O2/c1-13(2)22(14(3)4)12-11-21-19(23)18-10-9-17(24-18)15-5-7-16(20)8-6-15/h5-10,13-14H,11-12H2,1-4H3,(H,21,23). The Morgan fingerprint density at radius 1 is 1.08 bits per heavy atom. The van der Waals surface area contributed by atoms with E-state index < -0.39 is 0 Å². The van der Waals surface area contributed by atoms with Gasteiger partial charge in [0.2, 0.25) is 0 Å². The fourth-order valence-corrected chi connectivity index (χ4v) is 2.73. The van der Waals surface area contributed by atoms with Gasteiger partial charge in [-0.15, -0.1) is 0 Å². The lowest BCUT2D eigenvalue weighted by Gasteiger charge is -2.30. The first-order valence-electron chi connectivity index (χ1n) is 8.28. The van der Waals surface area contributed by atoms with Crippen molar-refractivity contribution in [1.82, 2.24) is 10.2 Å². The maximum Gasteiger partial charge on any atom is 0.287 e. The Morgan fingerprint density at radius 3 is 2.29 bits per heavy atom. The van der Waals surface area contributed by atoms with Crippen molar-refractivity contribution < 1.29 is 13.6 Å². The van der Waals surface area contributed by atoms with Gasteiger partial charge in [-0.1, -0.05) is 0 Å². The van der Waals surface area contributed by atoms with E-state index in [0.29, 0.717) is 24.4 Å². The molecule has 0 aliphatic carbocycles. The Morgan fingerprint density at radius 2 is 1.71 bits per heavy atom. The Bertz CT molecular complexity index is 654. The topological polar surface area (TPSA) is 45.5 Å². The molecule has 24 heavy (non-hydrogen) atoms. The molecule has 0 radical (unpaired) electrons. The number of benzene rings is 1. The number of nitrogens with one attached hydrogen (secondary N) is 1. The summed E-state index contributed by atoms with van der Waals surface area (Å²) in [4.78, 5) is 14.5. The zero-order valence-electron chi connectivity index (χ0n) is 14.7. The second kappa shape index (κ2) is 8.11. The molecule has 0 atom stereocenters. The molecule has 0 aliphatic rings. The summed E-state index contributed by atoms with van der Waals surface area (Å²) in [5.41, 5.74) is 0.737. The molecule has 0 spiro atoms. The predicted molar refractivity (Wildman–Crippen MR) is 93.4 cm³/mol. The van der Waals surface area contributed by atoms with Crippen molar-refractivity contribution in [3.8, 4) is 11.3 Å². The molecule has 1 amide bonds. The van der Waals surface area contributed by atoms with Crippen LogP contribution in [0.5, 0.6) is 0 Å². The Hall–Kier alpha value is -2.14. The molecule has 130 valence electrons. The number of carbonyl (C=O) groups excluding carboxylic acids is 1. The molecule has 0 unspecified atom stereocenters. The summed E-state index contributed by atoms with van der Waals surface area (Å²) >= 11 is 0. The average molecular weight is 332 g/mol. The molecule has 2 aromatic rings. The van der Waals surface area contributed by atoms with Crippen LogP contribution in [-0.4, -0.2) is 36.0 Å². The summed E-state index contributed by atoms with van der Waals surface area (Å²) in [5, 5.41) is 2.88. The molecule has 0 saturated carbocycles. The van der Waals surface area contributed by atoms with Crippen molar-refractivity contribution in [1.29, 1.82) is 0 Å². The van der Waals surface area contributed by atoms with E-state index in [1.165, 1.54) is 12.1 Å². The monoisotopic (exact) mass is 332 g/mol. The van der Waals surface area contributed by atoms with Gasteiger partial charge in [-0.3, -0.25) is 9.69 Å². The Kier molecular flexibility index (Phi) is 6.15. The maximum atomic E-state index is 13.0. The van der Waals surface area contributed by atoms with Gasteiger partial charge in [0.1, 0.15) is 11.6 Å². The SMILES string of the molecule is CC(C)N(CCNC(=O)c1ccc(-c2ccc(F)cc2)o1)C(C)C. The third kappa shape index (κ3) is 4.68. The lowest BCUT2D eigenvalue weighted by Crippen LogP contribution is -2.42. The number of hydrogen-bond acceptors (Lipinski definition) is 3. The summed E-state index contributed by atoms with van der Waals surface area (Å²) in [6, 6.07) is 10.2. The third-order valence-electron chi connectivity index (χ3n) is 3.94. The first kappa shape index (κ1) is 18.2. The highest BCUT2D eigenvalue weighted by Crippen LogP contribution is 2.22. The summed E-state index contributed by atoms with van der Waals surface area (Å²) in [6.07, 6.45) is 0. The van der Waals surface area contributed by atoms with E-state index in [4.69, 9.17) is 4.42 Å². The molecule has 4 nitrogen and oxygen atoms in total. The number of amides is 1. The van der Waals surface area contributed by atoms with E-state index in [9.17, 15) is 9.18 Å². The van der Waals surface area contributed by atoms with Crippen molar-refractivity contribution in [2.24, 2.45) is 0 Å². The van der Waals surface area contributed by atoms with Crippen LogP contribution < -0.4 is 5.32 Å². The number of halogens is 1. The fraction of sp³-hybridized carbons (Fsp3) is 0.421. The van der Waals surface area contributed by atoms with Gasteiger partial charge in [-0.2, -0.15) is 0 Å². The zero-order valence-corrected chi connectivity index (χ0v) is 14.7. The molecular formula is C19H25FN2O2. The van der Waals surface area contributed by atoms with Gasteiger partial charge in [0.15, 0.2) is 5.76 Å². The smallest absolute Gasteiger partial charge is 0.287 e. The van der Waals surface area contributed by atoms with Crippen LogP contribution in [0.15, 0.2) is 40.8 Å². The highest BCUT2D eigenvalue weighted by atomic mass is 19.1. The number of furan rings is 1. The fourth-order valence-electron chi connectivity index (χ4n) is 2.73. The molecule has 1 aromatic carbocycles. The predicted octanol–water partition coefficient (Wildman–Crippen LogP) is 3.93. The maximum absolute atomic E-state index is 13.0. The van der Waals surface area contributed by atoms with Crippen LogP contribution in [0, 0.1) is 5.82 Å². The molecule has 1 heterocycles. The summed E-state index contributed by atoms with van der Waals surface area (Å²) in [7, 11) is 0. The minimum atomic E-state index is -0.303. The van der Waals surface area contributed by atoms with Crippen LogP contribution >= 0.6 is 0 Å². The lowest BCUT2D eigenvalue weighted by atomic mass is 10.2. The summed E-state index contributed by atoms with van der Waals surface area (Å²) in [6.45, 7) is 9.91. The van der Waals surface area contributed by atoms with E-state index in [1.54, 1.807) is 24.3 Å². The second-order valence-electron chi connectivity index (χ2n) is 6.35. The van der Waals surface area contributed by atoms with Crippen molar-refractivity contribution in [3.05, 3.63) is 48.0 Å². The first-order valence-corrected chi connectivity index (χ1v) is 8.28. The normalized spacial score (nSPS) is 11.5. The number of carbonyl (C=O) groups is 1. The second-order valence-corrected chi connectivity index (χ2v) is 6.35. The minimum Gasteiger partial charge on any atom is -0.451 e. The molecule has 0 aliphatic heterocycles. The quantitative estimate of drug-likeness (QED) is 0.835. The van der Waals surface area contributed by atoms with Crippen molar-refractivity contribution >= 4 is 5.91 Å². The van der Waals surface area contributed by atoms with Gasteiger partial charge >= 0.3 is 0 Å². The van der Waals surface area contributed by atoms with Gasteiger partial charge in [-0.25, -0.2) is 4.39 Å². The van der Waals surface area contributed by atoms with E-state index >= 15 is 0 Å². The van der Waals surface area contributed by atoms with E-state index in [2.05, 4.69) is 37.9 Å². The lowest BCUT2D eigenvalue weighted by molar-refractivity contribution is 0.0913. The van der Waals surface area contributed by atoms with Crippen LogP contribution in [0.4, 0.5) is 4.39 Å². The van der Waals surface area contributed by atoms with E-state index in [0.717, 1.165) is 12.1 Å². The molecular weight excluding hydrogens is 307 g/mol. The highest BCUT2D eigenvalue weighted by molar-refractivity contribution is 5.92. The van der Waals surface area contributed by atoms with Crippen LogP contribution in [0.1, 0.15) is 38.2 Å².